The number of ether oxygens (including phenoxy) is 3. The van der Waals surface area contributed by atoms with Gasteiger partial charge in [-0.05, 0) is 39.6 Å². The smallest absolute Gasteiger partial charge is 0.330 e. The number of H-pyrrole nitrogens is 1. The number of nitro benzene ring substituents is 1. The fourth-order valence-corrected chi connectivity index (χ4v) is 16.8. The third kappa shape index (κ3) is 12.0. The first-order valence-corrected chi connectivity index (χ1v) is 29.0. The Kier molecular flexibility index (Phi) is 16.9. The Balaban J connectivity index is 1.01. The number of nitro groups is 1. The van der Waals surface area contributed by atoms with Gasteiger partial charge in [0, 0.05) is 55.2 Å². The van der Waals surface area contributed by atoms with E-state index in [2.05, 4.69) is 82.9 Å². The summed E-state index contributed by atoms with van der Waals surface area (Å²) in [6.07, 6.45) is -3.97. The Labute approximate surface area is 439 Å². The molecular formula is C51H62N8O13S2Si. The third-order valence-electron chi connectivity index (χ3n) is 13.9. The number of nitrogens with one attached hydrogen (secondary N) is 2. The van der Waals surface area contributed by atoms with E-state index in [0.29, 0.717) is 6.42 Å². The van der Waals surface area contributed by atoms with Crippen molar-refractivity contribution in [2.45, 2.75) is 95.8 Å². The predicted molar refractivity (Wildman–Crippen MR) is 285 cm³/mol. The van der Waals surface area contributed by atoms with Crippen molar-refractivity contribution in [3.05, 3.63) is 140 Å². The van der Waals surface area contributed by atoms with Gasteiger partial charge in [0.05, 0.1) is 41.6 Å². The quantitative estimate of drug-likeness (QED) is 0.0295. The molecule has 2 aliphatic rings. The number of aromatic amines is 1. The minimum Gasteiger partial charge on any atom is -0.476 e. The van der Waals surface area contributed by atoms with Gasteiger partial charge in [-0.3, -0.25) is 39.1 Å². The lowest BCUT2D eigenvalue weighted by Gasteiger charge is -2.43. The number of nitrogens with zero attached hydrogens (tertiary/aromatic N) is 6. The van der Waals surface area contributed by atoms with E-state index in [-0.39, 0.29) is 71.4 Å². The second-order valence-electron chi connectivity index (χ2n) is 20.2. The fraction of sp³-hybridized carbons (Fsp3) is 0.451. The maximum absolute atomic E-state index is 14.4. The molecule has 0 spiro atoms. The first-order chi connectivity index (χ1) is 35.7. The van der Waals surface area contributed by atoms with Crippen LogP contribution in [0.25, 0.3) is 11.2 Å². The SMILES string of the molecule is CC(C)C(=O)Nc1nc(OCCc2ccc([N+](=O)[O-])cc2)c2ncn([C@@H]3O[C@H](CCS(=O)(=O)C[C@H]4[C@@H](O)[C@H](n5ccc(=O)[nH]c5=O)O[C@@H]4CCO[Si](c4ccccc4)(c4ccccc4)C(C)(C)C)[C@@H](CS)[C@H]3O)c2n1. The van der Waals surface area contributed by atoms with Crippen molar-refractivity contribution in [1.82, 2.24) is 29.1 Å². The monoisotopic (exact) mass is 1090 g/mol. The van der Waals surface area contributed by atoms with Gasteiger partial charge in [0.25, 0.3) is 19.6 Å². The molecule has 3 aromatic carbocycles. The third-order valence-corrected chi connectivity index (χ3v) is 21.1. The van der Waals surface area contributed by atoms with Crippen molar-refractivity contribution in [2.75, 3.05) is 35.8 Å². The average Bonchev–Trinajstić information content (AvgIpc) is 4.04. The first kappa shape index (κ1) is 55.1. The van der Waals surface area contributed by atoms with Gasteiger partial charge in [-0.1, -0.05) is 107 Å². The Morgan fingerprint density at radius 1 is 0.893 bits per heavy atom. The molecule has 24 heteroatoms. The van der Waals surface area contributed by atoms with Gasteiger partial charge in [0.1, 0.15) is 12.2 Å². The summed E-state index contributed by atoms with van der Waals surface area (Å²) in [7, 11) is -7.10. The molecule has 6 aromatic rings. The molecule has 4 N–H and O–H groups in total. The largest absolute Gasteiger partial charge is 0.476 e. The number of imidazole rings is 1. The zero-order valence-electron chi connectivity index (χ0n) is 42.1. The number of anilines is 1. The molecule has 0 saturated carbocycles. The van der Waals surface area contributed by atoms with Crippen molar-refractivity contribution < 1.29 is 47.0 Å². The van der Waals surface area contributed by atoms with E-state index in [9.17, 15) is 43.1 Å². The van der Waals surface area contributed by atoms with Crippen molar-refractivity contribution in [1.29, 1.82) is 0 Å². The Morgan fingerprint density at radius 2 is 1.51 bits per heavy atom. The van der Waals surface area contributed by atoms with E-state index >= 15 is 0 Å². The topological polar surface area (TPSA) is 282 Å². The molecule has 21 nitrogen and oxygen atoms in total. The van der Waals surface area contributed by atoms with Gasteiger partial charge in [0.15, 0.2) is 33.5 Å². The van der Waals surface area contributed by atoms with Crippen LogP contribution in [0.5, 0.6) is 5.88 Å². The average molecular weight is 1090 g/mol. The van der Waals surface area contributed by atoms with Crippen LogP contribution in [0.1, 0.15) is 65.5 Å². The highest BCUT2D eigenvalue weighted by Gasteiger charge is 2.52. The van der Waals surface area contributed by atoms with Crippen LogP contribution < -0.4 is 31.7 Å². The molecule has 8 rings (SSSR count). The van der Waals surface area contributed by atoms with E-state index in [1.807, 2.05) is 36.4 Å². The van der Waals surface area contributed by atoms with Gasteiger partial charge >= 0.3 is 5.69 Å². The molecule has 2 fully saturated rings. The molecule has 1 amide bonds. The standard InChI is InChI=1S/C51H62N8O13S2Si/c1-31(2)45(63)55-49-54-44-41(46(56-49)69-25-21-32-16-18-33(19-17-32)59(65)66)52-30-58(44)48-42(61)36(28-73)39(72-48)23-27-74(67,68)29-37-38(71-47(43(37)62)57-24-20-40(60)53-50(57)64)22-26-70-75(51(3,4)5,34-12-8-6-9-13-34)35-14-10-7-11-15-35/h6-20,24,30-31,36-39,42-43,47-48,61-62,73H,21-23,25-29H2,1-5H3,(H,53,60,64)(H,54,55,56,63)/t36-,37-,38-,39-,42-,43-,47-,48-/m1/s1. The summed E-state index contributed by atoms with van der Waals surface area (Å²) in [5.74, 6) is -3.48. The second kappa shape index (κ2) is 23.0. The zero-order valence-corrected chi connectivity index (χ0v) is 44.8. The van der Waals surface area contributed by atoms with Gasteiger partial charge < -0.3 is 28.8 Å². The number of carbonyl (C=O) groups is 1. The normalized spacial score (nSPS) is 22.2. The summed E-state index contributed by atoms with van der Waals surface area (Å²) in [6.45, 7) is 9.98. The number of benzene rings is 3. The number of hydrogen-bond acceptors (Lipinski definition) is 17. The van der Waals surface area contributed by atoms with Crippen molar-refractivity contribution in [3.8, 4) is 5.88 Å². The number of aliphatic hydroxyl groups excluding tert-OH is 2. The number of aromatic nitrogens is 6. The van der Waals surface area contributed by atoms with Crippen LogP contribution in [0.15, 0.2) is 113 Å². The number of hydrogen-bond donors (Lipinski definition) is 5. The molecule has 0 aliphatic carbocycles. The number of carbonyl (C=O) groups excluding carboxylic acids is 1. The van der Waals surface area contributed by atoms with Crippen LogP contribution in [0.4, 0.5) is 11.6 Å². The summed E-state index contributed by atoms with van der Waals surface area (Å²) in [4.78, 5) is 64.3. The van der Waals surface area contributed by atoms with Crippen molar-refractivity contribution >= 4 is 69.9 Å². The summed E-state index contributed by atoms with van der Waals surface area (Å²) in [5.41, 5.74) is -0.462. The molecule has 0 unspecified atom stereocenters. The van der Waals surface area contributed by atoms with Crippen molar-refractivity contribution in [2.24, 2.45) is 17.8 Å². The molecule has 400 valence electrons. The molecular weight excluding hydrogens is 1020 g/mol. The van der Waals surface area contributed by atoms with Gasteiger partial charge in [-0.15, -0.1) is 0 Å². The summed E-state index contributed by atoms with van der Waals surface area (Å²) < 4.78 is 57.3. The number of rotatable bonds is 21. The van der Waals surface area contributed by atoms with Gasteiger partial charge in [-0.2, -0.15) is 22.6 Å². The van der Waals surface area contributed by atoms with Crippen LogP contribution in [0.3, 0.4) is 0 Å². The van der Waals surface area contributed by atoms with Gasteiger partial charge in [-0.25, -0.2) is 18.2 Å². The highest BCUT2D eigenvalue weighted by molar-refractivity contribution is 7.91. The van der Waals surface area contributed by atoms with Crippen molar-refractivity contribution in [3.63, 3.8) is 0 Å². The van der Waals surface area contributed by atoms with E-state index in [4.69, 9.17) is 18.6 Å². The number of sulfone groups is 1. The lowest BCUT2D eigenvalue weighted by Crippen LogP contribution is -2.66. The van der Waals surface area contributed by atoms with E-state index < -0.39 is 100 Å². The zero-order chi connectivity index (χ0) is 53.8. The molecule has 3 aromatic heterocycles. The van der Waals surface area contributed by atoms with Crippen LogP contribution in [0, 0.1) is 27.9 Å². The predicted octanol–water partition coefficient (Wildman–Crippen LogP) is 3.95. The fourth-order valence-electron chi connectivity index (χ4n) is 9.97. The molecule has 2 aliphatic heterocycles. The summed E-state index contributed by atoms with van der Waals surface area (Å²) in [6, 6.07) is 27.1. The van der Waals surface area contributed by atoms with Crippen LogP contribution in [-0.2, 0) is 35.0 Å². The minimum atomic E-state index is -4.05. The Morgan fingerprint density at radius 3 is 2.09 bits per heavy atom. The molecule has 75 heavy (non-hydrogen) atoms. The van der Waals surface area contributed by atoms with Crippen LogP contribution >= 0.6 is 12.6 Å². The van der Waals surface area contributed by atoms with E-state index in [0.717, 1.165) is 26.6 Å². The summed E-state index contributed by atoms with van der Waals surface area (Å²) in [5, 5.41) is 39.3. The maximum Gasteiger partial charge on any atom is 0.330 e. The highest BCUT2D eigenvalue weighted by Crippen LogP contribution is 2.41. The molecule has 0 radical (unpaired) electrons. The Bertz CT molecular complexity index is 3150. The maximum atomic E-state index is 14.4. The molecule has 5 heterocycles. The van der Waals surface area contributed by atoms with Crippen LogP contribution in [0.2, 0.25) is 5.04 Å². The first-order valence-electron chi connectivity index (χ1n) is 24.7. The van der Waals surface area contributed by atoms with Crippen LogP contribution in [-0.4, -0.2) is 122 Å². The number of fused-ring (bicyclic) bond motifs is 1. The number of aliphatic hydroxyl groups is 2. The Hall–Kier alpha value is -6.12. The molecule has 8 atom stereocenters. The summed E-state index contributed by atoms with van der Waals surface area (Å²) >= 11 is 4.53. The molecule has 0 bridgehead atoms. The van der Waals surface area contributed by atoms with Gasteiger partial charge in [0.2, 0.25) is 17.7 Å². The van der Waals surface area contributed by atoms with E-state index in [1.165, 1.54) is 29.2 Å². The highest BCUT2D eigenvalue weighted by atomic mass is 32.2. The van der Waals surface area contributed by atoms with E-state index in [1.54, 1.807) is 26.0 Å². The lowest BCUT2D eigenvalue weighted by molar-refractivity contribution is -0.384. The number of amides is 1. The molecule has 2 saturated heterocycles. The minimum absolute atomic E-state index is 0.0131. The second-order valence-corrected chi connectivity index (χ2v) is 27.1. The number of thiol groups is 1. The number of non-ortho nitro benzene ring substituents is 1. The lowest BCUT2D eigenvalue weighted by atomic mass is 9.98.